The van der Waals surface area contributed by atoms with Gasteiger partial charge in [-0.2, -0.15) is 4.31 Å². The van der Waals surface area contributed by atoms with Crippen molar-refractivity contribution >= 4 is 36.7 Å². The molecule has 1 saturated heterocycles. The summed E-state index contributed by atoms with van der Waals surface area (Å²) < 4.78 is 33.3. The fourth-order valence-corrected chi connectivity index (χ4v) is 5.71. The Hall–Kier alpha value is -2.00. The van der Waals surface area contributed by atoms with E-state index >= 15 is 0 Å². The van der Waals surface area contributed by atoms with E-state index in [-0.39, 0.29) is 0 Å². The Morgan fingerprint density at radius 1 is 1.10 bits per heavy atom. The lowest BCUT2D eigenvalue weighted by Gasteiger charge is -2.26. The average molecular weight is 432 g/mol. The second kappa shape index (κ2) is 8.79. The number of morpholine rings is 1. The Kier molecular flexibility index (Phi) is 6.15. The Morgan fingerprint density at radius 3 is 2.55 bits per heavy atom. The van der Waals surface area contributed by atoms with Gasteiger partial charge < -0.3 is 10.1 Å². The fraction of sp³-hybridized carbons (Fsp3) is 0.381. The Morgan fingerprint density at radius 2 is 1.83 bits per heavy atom. The van der Waals surface area contributed by atoms with Crippen molar-refractivity contribution in [2.45, 2.75) is 24.7 Å². The van der Waals surface area contributed by atoms with Gasteiger partial charge >= 0.3 is 0 Å². The minimum atomic E-state index is -3.43. The molecule has 0 spiro atoms. The third kappa shape index (κ3) is 4.61. The zero-order chi connectivity index (χ0) is 20.3. The smallest absolute Gasteiger partial charge is 0.243 e. The van der Waals surface area contributed by atoms with Crippen LogP contribution in [0.3, 0.4) is 0 Å². The highest BCUT2D eigenvalue weighted by Gasteiger charge is 2.25. The van der Waals surface area contributed by atoms with Crippen LogP contribution in [0.2, 0.25) is 0 Å². The first-order valence-corrected chi connectivity index (χ1v) is 12.1. The number of ether oxygens (including phenoxy) is 1. The van der Waals surface area contributed by atoms with E-state index in [1.54, 1.807) is 23.5 Å². The molecule has 0 atom stereocenters. The molecule has 1 fully saturated rings. The summed E-state index contributed by atoms with van der Waals surface area (Å²) in [4.78, 5) is 4.97. The number of aromatic nitrogens is 1. The number of nitrogens with one attached hydrogen (secondary N) is 1. The van der Waals surface area contributed by atoms with Gasteiger partial charge in [-0.1, -0.05) is 36.5 Å². The fourth-order valence-electron chi connectivity index (χ4n) is 3.34. The molecule has 3 aromatic rings. The van der Waals surface area contributed by atoms with E-state index in [2.05, 4.69) is 35.4 Å². The van der Waals surface area contributed by atoms with E-state index in [0.717, 1.165) is 35.6 Å². The van der Waals surface area contributed by atoms with Crippen molar-refractivity contribution in [3.05, 3.63) is 53.6 Å². The molecule has 0 unspecified atom stereocenters. The number of sulfonamides is 1. The quantitative estimate of drug-likeness (QED) is 0.620. The molecule has 0 bridgehead atoms. The van der Waals surface area contributed by atoms with Crippen molar-refractivity contribution in [2.75, 3.05) is 38.2 Å². The summed E-state index contributed by atoms with van der Waals surface area (Å²) in [7, 11) is -3.43. The highest BCUT2D eigenvalue weighted by molar-refractivity contribution is 7.89. The van der Waals surface area contributed by atoms with Crippen LogP contribution in [0.15, 0.2) is 47.4 Å². The molecule has 1 N–H and O–H groups in total. The van der Waals surface area contributed by atoms with Crippen LogP contribution in [-0.2, 0) is 27.6 Å². The van der Waals surface area contributed by atoms with Gasteiger partial charge in [-0.05, 0) is 48.2 Å². The number of hydrogen-bond donors (Lipinski definition) is 1. The van der Waals surface area contributed by atoms with Crippen LogP contribution in [0.4, 0.5) is 5.13 Å². The highest BCUT2D eigenvalue weighted by atomic mass is 32.2. The van der Waals surface area contributed by atoms with Gasteiger partial charge in [-0.3, -0.25) is 0 Å². The molecule has 4 rings (SSSR count). The van der Waals surface area contributed by atoms with Crippen molar-refractivity contribution < 1.29 is 13.2 Å². The molecule has 2 aromatic carbocycles. The maximum atomic E-state index is 12.7. The molecule has 1 aliphatic heterocycles. The van der Waals surface area contributed by atoms with E-state index in [0.29, 0.717) is 31.2 Å². The molecule has 0 radical (unpaired) electrons. The molecule has 8 heteroatoms. The Labute approximate surface area is 175 Å². The molecule has 0 saturated carbocycles. The van der Waals surface area contributed by atoms with Crippen molar-refractivity contribution in [3.63, 3.8) is 0 Å². The lowest BCUT2D eigenvalue weighted by atomic mass is 10.1. The van der Waals surface area contributed by atoms with E-state index in [1.807, 2.05) is 12.1 Å². The number of thiazole rings is 1. The maximum Gasteiger partial charge on any atom is 0.243 e. The van der Waals surface area contributed by atoms with Crippen molar-refractivity contribution in [3.8, 4) is 0 Å². The van der Waals surface area contributed by atoms with Gasteiger partial charge in [0.05, 0.1) is 28.3 Å². The number of nitrogens with zero attached hydrogens (tertiary/aromatic N) is 2. The number of benzene rings is 2. The van der Waals surface area contributed by atoms with Crippen LogP contribution in [0.1, 0.15) is 18.1 Å². The largest absolute Gasteiger partial charge is 0.379 e. The van der Waals surface area contributed by atoms with Crippen LogP contribution in [-0.4, -0.2) is 50.6 Å². The van der Waals surface area contributed by atoms with Gasteiger partial charge in [0, 0.05) is 19.6 Å². The average Bonchev–Trinajstić information content (AvgIpc) is 3.16. The summed E-state index contributed by atoms with van der Waals surface area (Å²) in [6.07, 6.45) is 1.82. The summed E-state index contributed by atoms with van der Waals surface area (Å²) in [5.41, 5.74) is 3.43. The van der Waals surface area contributed by atoms with Gasteiger partial charge in [0.1, 0.15) is 0 Å². The van der Waals surface area contributed by atoms with Crippen LogP contribution >= 0.6 is 11.3 Å². The summed E-state index contributed by atoms with van der Waals surface area (Å²) in [5, 5.41) is 4.30. The van der Waals surface area contributed by atoms with E-state index < -0.39 is 10.0 Å². The van der Waals surface area contributed by atoms with Gasteiger partial charge in [-0.25, -0.2) is 13.4 Å². The van der Waals surface area contributed by atoms with Gasteiger partial charge in [-0.15, -0.1) is 0 Å². The molecular formula is C21H25N3O3S2. The first kappa shape index (κ1) is 20.3. The zero-order valence-electron chi connectivity index (χ0n) is 16.4. The minimum Gasteiger partial charge on any atom is -0.379 e. The molecular weight excluding hydrogens is 406 g/mol. The minimum absolute atomic E-state index is 0.342. The third-order valence-electron chi connectivity index (χ3n) is 5.08. The lowest BCUT2D eigenvalue weighted by Crippen LogP contribution is -2.40. The molecule has 0 aliphatic carbocycles. The Bertz CT molecular complexity index is 1070. The van der Waals surface area contributed by atoms with E-state index in [1.165, 1.54) is 14.6 Å². The van der Waals surface area contributed by atoms with Gasteiger partial charge in [0.15, 0.2) is 5.13 Å². The molecule has 1 aliphatic rings. The number of aryl methyl sites for hydroxylation is 1. The summed E-state index contributed by atoms with van der Waals surface area (Å²) in [6.45, 7) is 4.63. The molecule has 154 valence electrons. The second-order valence-electron chi connectivity index (χ2n) is 7.01. The molecule has 0 amide bonds. The lowest BCUT2D eigenvalue weighted by molar-refractivity contribution is 0.0730. The number of rotatable bonds is 7. The monoisotopic (exact) mass is 431 g/mol. The molecule has 6 nitrogen and oxygen atoms in total. The summed E-state index contributed by atoms with van der Waals surface area (Å²) >= 11 is 1.67. The first-order valence-electron chi connectivity index (χ1n) is 9.86. The molecule has 29 heavy (non-hydrogen) atoms. The topological polar surface area (TPSA) is 71.5 Å². The summed E-state index contributed by atoms with van der Waals surface area (Å²) in [6, 6.07) is 13.6. The van der Waals surface area contributed by atoms with Crippen molar-refractivity contribution in [1.82, 2.24) is 9.29 Å². The van der Waals surface area contributed by atoms with Crippen molar-refractivity contribution in [2.24, 2.45) is 0 Å². The third-order valence-corrected chi connectivity index (χ3v) is 7.97. The van der Waals surface area contributed by atoms with Crippen LogP contribution in [0.25, 0.3) is 10.2 Å². The van der Waals surface area contributed by atoms with E-state index in [4.69, 9.17) is 4.74 Å². The maximum absolute atomic E-state index is 12.7. The number of anilines is 1. The molecule has 1 aromatic heterocycles. The summed E-state index contributed by atoms with van der Waals surface area (Å²) in [5.74, 6) is 0. The number of hydrogen-bond acceptors (Lipinski definition) is 6. The van der Waals surface area contributed by atoms with Gasteiger partial charge in [0.2, 0.25) is 10.0 Å². The van der Waals surface area contributed by atoms with Crippen LogP contribution < -0.4 is 5.32 Å². The molecule has 2 heterocycles. The Balaban J connectivity index is 1.35. The SMILES string of the molecule is CCc1ccc2nc(NCCc3ccc(S(=O)(=O)N4CCOCC4)cc3)sc2c1. The second-order valence-corrected chi connectivity index (χ2v) is 9.98. The standard InChI is InChI=1S/C21H25N3O3S2/c1-2-16-5-8-19-20(15-16)28-21(23-19)22-10-9-17-3-6-18(7-4-17)29(25,26)24-11-13-27-14-12-24/h3-8,15H,2,9-14H2,1H3,(H,22,23). The number of fused-ring (bicyclic) bond motifs is 1. The van der Waals surface area contributed by atoms with Crippen LogP contribution in [0, 0.1) is 0 Å². The van der Waals surface area contributed by atoms with Gasteiger partial charge in [0.25, 0.3) is 0 Å². The van der Waals surface area contributed by atoms with Crippen LogP contribution in [0.5, 0.6) is 0 Å². The van der Waals surface area contributed by atoms with E-state index in [9.17, 15) is 8.42 Å². The normalized spacial score (nSPS) is 15.6. The zero-order valence-corrected chi connectivity index (χ0v) is 18.1. The highest BCUT2D eigenvalue weighted by Crippen LogP contribution is 2.27. The predicted octanol–water partition coefficient (Wildman–Crippen LogP) is 3.53. The predicted molar refractivity (Wildman–Crippen MR) is 117 cm³/mol. The first-order chi connectivity index (χ1) is 14.1. The van der Waals surface area contributed by atoms with Crippen molar-refractivity contribution in [1.29, 1.82) is 0 Å².